The molecule has 168 valence electrons. The van der Waals surface area contributed by atoms with E-state index in [1.807, 2.05) is 24.3 Å². The van der Waals surface area contributed by atoms with Crippen molar-refractivity contribution < 1.29 is 13.2 Å². The number of carbonyl (C=O) groups excluding carboxylic acids is 1. The van der Waals surface area contributed by atoms with Crippen LogP contribution in [0.3, 0.4) is 0 Å². The average Bonchev–Trinajstić information content (AvgIpc) is 2.84. The zero-order chi connectivity index (χ0) is 22.7. The molecule has 2 saturated heterocycles. The highest BCUT2D eigenvalue weighted by molar-refractivity contribution is 7.91. The number of carbonyl (C=O) groups is 1. The Balaban J connectivity index is 1.38. The molecule has 0 radical (unpaired) electrons. The minimum atomic E-state index is -3.21. The smallest absolute Gasteiger partial charge is 0.238 e. The van der Waals surface area contributed by atoms with Gasteiger partial charge < -0.3 is 10.6 Å². The van der Waals surface area contributed by atoms with E-state index in [9.17, 15) is 18.5 Å². The molecule has 1 saturated carbocycles. The number of benzene rings is 2. The van der Waals surface area contributed by atoms with Crippen molar-refractivity contribution in [3.05, 3.63) is 54.1 Å². The fraction of sp³-hybridized carbons (Fsp3) is 0.440. The first-order valence-electron chi connectivity index (χ1n) is 11.3. The SMILES string of the molecule is CCS(=O)(=O)c1ccc(-c2ccc(CC(C#N)NC(=O)C3NC4CCC3CC4)cc2)cc1. The van der Waals surface area contributed by atoms with Gasteiger partial charge >= 0.3 is 0 Å². The van der Waals surface area contributed by atoms with E-state index in [-0.39, 0.29) is 17.7 Å². The third-order valence-corrected chi connectivity index (χ3v) is 8.48. The molecule has 1 amide bonds. The van der Waals surface area contributed by atoms with Crippen LogP contribution in [0.25, 0.3) is 11.1 Å². The highest BCUT2D eigenvalue weighted by atomic mass is 32.2. The number of hydrogen-bond acceptors (Lipinski definition) is 5. The molecule has 3 fully saturated rings. The van der Waals surface area contributed by atoms with Gasteiger partial charge in [0.2, 0.25) is 5.91 Å². The van der Waals surface area contributed by atoms with E-state index in [1.165, 1.54) is 0 Å². The molecule has 32 heavy (non-hydrogen) atoms. The molecule has 3 aliphatic rings. The number of hydrogen-bond donors (Lipinski definition) is 2. The Morgan fingerprint density at radius 3 is 2.16 bits per heavy atom. The van der Waals surface area contributed by atoms with E-state index in [0.717, 1.165) is 42.4 Å². The van der Waals surface area contributed by atoms with Gasteiger partial charge in [-0.2, -0.15) is 5.26 Å². The first-order chi connectivity index (χ1) is 15.4. The van der Waals surface area contributed by atoms with Gasteiger partial charge in [-0.15, -0.1) is 0 Å². The van der Waals surface area contributed by atoms with Crippen LogP contribution in [-0.2, 0) is 21.1 Å². The Morgan fingerprint density at radius 2 is 1.66 bits per heavy atom. The first-order valence-corrected chi connectivity index (χ1v) is 12.9. The maximum Gasteiger partial charge on any atom is 0.238 e. The molecule has 2 bridgehead atoms. The van der Waals surface area contributed by atoms with Crippen LogP contribution in [-0.4, -0.2) is 38.2 Å². The standard InChI is InChI=1S/C25H29N3O3S/c1-2-32(30,31)23-13-9-19(10-14-23)18-5-3-17(4-6-18)15-22(16-26)28-25(29)24-20-7-11-21(27-24)12-8-20/h3-6,9-10,13-14,20-22,24,27H,2,7-8,11-12,15H2,1H3,(H,28,29). The molecule has 5 rings (SSSR count). The quantitative estimate of drug-likeness (QED) is 0.673. The molecule has 2 heterocycles. The fourth-order valence-corrected chi connectivity index (χ4v) is 5.66. The number of sulfone groups is 1. The number of nitrogens with one attached hydrogen (secondary N) is 2. The van der Waals surface area contributed by atoms with Crippen LogP contribution in [0, 0.1) is 17.2 Å². The summed E-state index contributed by atoms with van der Waals surface area (Å²) in [6.45, 7) is 1.63. The van der Waals surface area contributed by atoms with E-state index in [1.54, 1.807) is 31.2 Å². The molecule has 2 aromatic rings. The second-order valence-electron chi connectivity index (χ2n) is 8.78. The van der Waals surface area contributed by atoms with Crippen molar-refractivity contribution >= 4 is 15.7 Å². The summed E-state index contributed by atoms with van der Waals surface area (Å²) in [7, 11) is -3.21. The van der Waals surface area contributed by atoms with Crippen LogP contribution in [0.1, 0.15) is 38.2 Å². The molecule has 6 nitrogen and oxygen atoms in total. The maximum atomic E-state index is 12.7. The molecule has 0 spiro atoms. The molecule has 2 N–H and O–H groups in total. The summed E-state index contributed by atoms with van der Waals surface area (Å²) < 4.78 is 24.0. The zero-order valence-electron chi connectivity index (χ0n) is 18.3. The van der Waals surface area contributed by atoms with E-state index < -0.39 is 15.9 Å². The lowest BCUT2D eigenvalue weighted by Gasteiger charge is -2.42. The van der Waals surface area contributed by atoms with Crippen molar-refractivity contribution in [1.82, 2.24) is 10.6 Å². The van der Waals surface area contributed by atoms with Crippen molar-refractivity contribution in [3.8, 4) is 17.2 Å². The molecule has 2 aliphatic heterocycles. The van der Waals surface area contributed by atoms with Crippen molar-refractivity contribution in [2.24, 2.45) is 5.92 Å². The summed E-state index contributed by atoms with van der Waals surface area (Å²) in [5, 5.41) is 15.9. The maximum absolute atomic E-state index is 12.7. The Hall–Kier alpha value is -2.69. The summed E-state index contributed by atoms with van der Waals surface area (Å²) in [6.07, 6.45) is 4.88. The molecule has 2 unspecified atom stereocenters. The number of piperidine rings is 2. The van der Waals surface area contributed by atoms with Gasteiger partial charge in [-0.05, 0) is 60.4 Å². The van der Waals surface area contributed by atoms with Crippen LogP contribution < -0.4 is 10.6 Å². The molecular formula is C25H29N3O3S. The van der Waals surface area contributed by atoms with E-state index in [4.69, 9.17) is 0 Å². The van der Waals surface area contributed by atoms with Crippen LogP contribution >= 0.6 is 0 Å². The van der Waals surface area contributed by atoms with Gasteiger partial charge in [0.15, 0.2) is 9.84 Å². The Bertz CT molecular complexity index is 1100. The predicted octanol–water partition coefficient (Wildman–Crippen LogP) is 3.23. The normalized spacial score (nSPS) is 23.3. The van der Waals surface area contributed by atoms with Crippen LogP contribution in [0.2, 0.25) is 0 Å². The molecule has 0 aromatic heterocycles. The number of amides is 1. The Morgan fingerprint density at radius 1 is 1.06 bits per heavy atom. The minimum absolute atomic E-state index is 0.0651. The van der Waals surface area contributed by atoms with Gasteiger partial charge in [-0.3, -0.25) is 4.79 Å². The molecule has 7 heteroatoms. The number of nitrogens with zero attached hydrogens (tertiary/aromatic N) is 1. The van der Waals surface area contributed by atoms with Crippen LogP contribution in [0.5, 0.6) is 0 Å². The second kappa shape index (κ2) is 9.43. The average molecular weight is 452 g/mol. The molecule has 1 aliphatic carbocycles. The van der Waals surface area contributed by atoms with Gasteiger partial charge in [0, 0.05) is 12.5 Å². The number of rotatable bonds is 7. The summed E-state index contributed by atoms with van der Waals surface area (Å²) in [4.78, 5) is 13.1. The van der Waals surface area contributed by atoms with Gasteiger partial charge in [-0.1, -0.05) is 43.3 Å². The fourth-order valence-electron chi connectivity index (χ4n) is 4.78. The Labute approximate surface area is 190 Å². The van der Waals surface area contributed by atoms with Gasteiger partial charge in [0.05, 0.1) is 22.8 Å². The number of nitriles is 1. The second-order valence-corrected chi connectivity index (χ2v) is 11.1. The largest absolute Gasteiger partial charge is 0.339 e. The summed E-state index contributed by atoms with van der Waals surface area (Å²) in [5.74, 6) is 0.386. The molecule has 2 atom stereocenters. The monoisotopic (exact) mass is 451 g/mol. The first kappa shape index (κ1) is 22.5. The summed E-state index contributed by atoms with van der Waals surface area (Å²) in [6, 6.07) is 16.6. The van der Waals surface area contributed by atoms with Crippen LogP contribution in [0.4, 0.5) is 0 Å². The lowest BCUT2D eigenvalue weighted by atomic mass is 9.76. The van der Waals surface area contributed by atoms with E-state index in [0.29, 0.717) is 23.3 Å². The summed E-state index contributed by atoms with van der Waals surface area (Å²) in [5.41, 5.74) is 2.85. The highest BCUT2D eigenvalue weighted by Crippen LogP contribution is 2.33. The van der Waals surface area contributed by atoms with Gasteiger partial charge in [0.1, 0.15) is 6.04 Å². The third-order valence-electron chi connectivity index (χ3n) is 6.73. The van der Waals surface area contributed by atoms with E-state index in [2.05, 4.69) is 16.7 Å². The summed E-state index contributed by atoms with van der Waals surface area (Å²) >= 11 is 0. The van der Waals surface area contributed by atoms with Crippen LogP contribution in [0.15, 0.2) is 53.4 Å². The molecule has 2 aromatic carbocycles. The van der Waals surface area contributed by atoms with E-state index >= 15 is 0 Å². The lowest BCUT2D eigenvalue weighted by Crippen LogP contribution is -2.59. The minimum Gasteiger partial charge on any atom is -0.339 e. The van der Waals surface area contributed by atoms with Crippen molar-refractivity contribution in [2.75, 3.05) is 5.75 Å². The third kappa shape index (κ3) is 4.87. The lowest BCUT2D eigenvalue weighted by molar-refractivity contribution is -0.127. The molecular weight excluding hydrogens is 422 g/mol. The Kier molecular flexibility index (Phi) is 6.63. The number of fused-ring (bicyclic) bond motifs is 3. The topological polar surface area (TPSA) is 99.1 Å². The van der Waals surface area contributed by atoms with Crippen molar-refractivity contribution in [1.29, 1.82) is 5.26 Å². The van der Waals surface area contributed by atoms with Gasteiger partial charge in [0.25, 0.3) is 0 Å². The van der Waals surface area contributed by atoms with Gasteiger partial charge in [-0.25, -0.2) is 8.42 Å². The van der Waals surface area contributed by atoms with Crippen molar-refractivity contribution in [3.63, 3.8) is 0 Å². The zero-order valence-corrected chi connectivity index (χ0v) is 19.1. The van der Waals surface area contributed by atoms with Crippen molar-refractivity contribution in [2.45, 2.75) is 62.0 Å². The highest BCUT2D eigenvalue weighted by Gasteiger charge is 2.39. The predicted molar refractivity (Wildman–Crippen MR) is 124 cm³/mol.